The van der Waals surface area contributed by atoms with E-state index in [0.29, 0.717) is 6.42 Å². The van der Waals surface area contributed by atoms with Gasteiger partial charge in [-0.15, -0.1) is 11.6 Å². The number of benzene rings is 1. The highest BCUT2D eigenvalue weighted by Gasteiger charge is 2.16. The number of alkyl halides is 1. The van der Waals surface area contributed by atoms with Gasteiger partial charge in [-0.1, -0.05) is 11.6 Å². The molecule has 0 saturated heterocycles. The van der Waals surface area contributed by atoms with Crippen molar-refractivity contribution >= 4 is 34.8 Å². The van der Waals surface area contributed by atoms with Crippen LogP contribution in [-0.4, -0.2) is 22.2 Å². The average Bonchev–Trinajstić information content (AvgIpc) is 2.26. The summed E-state index contributed by atoms with van der Waals surface area (Å²) in [5.74, 6) is -0.407. The summed E-state index contributed by atoms with van der Waals surface area (Å²) < 4.78 is 0. The van der Waals surface area contributed by atoms with Crippen molar-refractivity contribution in [1.82, 2.24) is 5.32 Å². The number of nitro benzene ring substituents is 1. The van der Waals surface area contributed by atoms with E-state index in [-0.39, 0.29) is 27.7 Å². The second-order valence-electron chi connectivity index (χ2n) is 4.35. The lowest BCUT2D eigenvalue weighted by molar-refractivity contribution is -0.384. The maximum Gasteiger partial charge on any atom is 0.271 e. The van der Waals surface area contributed by atoms with E-state index in [4.69, 9.17) is 23.2 Å². The van der Waals surface area contributed by atoms with Gasteiger partial charge in [0.05, 0.1) is 4.92 Å². The summed E-state index contributed by atoms with van der Waals surface area (Å²) in [4.78, 5) is 22.0. The molecular weight excluding hydrogens is 291 g/mol. The van der Waals surface area contributed by atoms with Crippen LogP contribution in [0.25, 0.3) is 0 Å². The third-order valence-corrected chi connectivity index (χ3v) is 2.81. The number of non-ortho nitro benzene ring substituents is 1. The van der Waals surface area contributed by atoms with Gasteiger partial charge in [-0.05, 0) is 26.3 Å². The highest BCUT2D eigenvalue weighted by Crippen LogP contribution is 2.21. The van der Waals surface area contributed by atoms with Crippen molar-refractivity contribution < 1.29 is 9.72 Å². The van der Waals surface area contributed by atoms with Crippen molar-refractivity contribution in [3.8, 4) is 0 Å². The van der Waals surface area contributed by atoms with Crippen LogP contribution in [0.3, 0.4) is 0 Å². The molecule has 0 heterocycles. The van der Waals surface area contributed by atoms with E-state index in [1.165, 1.54) is 18.2 Å². The van der Waals surface area contributed by atoms with Crippen LogP contribution in [0.15, 0.2) is 18.2 Å². The van der Waals surface area contributed by atoms with Gasteiger partial charge in [-0.3, -0.25) is 14.9 Å². The molecular formula is C12H14Cl2N2O3. The fourth-order valence-corrected chi connectivity index (χ4v) is 2.16. The van der Waals surface area contributed by atoms with Gasteiger partial charge < -0.3 is 5.32 Å². The van der Waals surface area contributed by atoms with Crippen LogP contribution in [0.1, 0.15) is 30.6 Å². The molecule has 0 saturated carbocycles. The second kappa shape index (κ2) is 6.73. The zero-order valence-electron chi connectivity index (χ0n) is 10.5. The highest BCUT2D eigenvalue weighted by atomic mass is 35.5. The van der Waals surface area contributed by atoms with Crippen molar-refractivity contribution in [3.05, 3.63) is 38.9 Å². The number of nitro groups is 1. The first-order chi connectivity index (χ1) is 8.79. The summed E-state index contributed by atoms with van der Waals surface area (Å²) >= 11 is 11.6. The largest absolute Gasteiger partial charge is 0.350 e. The van der Waals surface area contributed by atoms with Gasteiger partial charge in [-0.25, -0.2) is 0 Å². The van der Waals surface area contributed by atoms with E-state index >= 15 is 0 Å². The van der Waals surface area contributed by atoms with Crippen LogP contribution in [-0.2, 0) is 0 Å². The normalized spacial score (nSPS) is 13.7. The lowest BCUT2D eigenvalue weighted by Gasteiger charge is -2.15. The topological polar surface area (TPSA) is 72.2 Å². The van der Waals surface area contributed by atoms with Crippen molar-refractivity contribution in [2.75, 3.05) is 0 Å². The van der Waals surface area contributed by atoms with Crippen LogP contribution in [0.5, 0.6) is 0 Å². The number of amides is 1. The molecule has 0 aliphatic carbocycles. The molecule has 1 aromatic carbocycles. The van der Waals surface area contributed by atoms with Crippen LogP contribution in [0.4, 0.5) is 5.69 Å². The number of carbonyl (C=O) groups excluding carboxylic acids is 1. The summed E-state index contributed by atoms with van der Waals surface area (Å²) in [6.07, 6.45) is 0.607. The lowest BCUT2D eigenvalue weighted by atomic mass is 10.1. The maximum absolute atomic E-state index is 11.9. The fourth-order valence-electron chi connectivity index (χ4n) is 1.66. The van der Waals surface area contributed by atoms with Crippen LogP contribution >= 0.6 is 23.2 Å². The van der Waals surface area contributed by atoms with Gasteiger partial charge in [-0.2, -0.15) is 0 Å². The molecule has 5 nitrogen and oxygen atoms in total. The minimum absolute atomic E-state index is 0.0657. The molecule has 104 valence electrons. The first-order valence-electron chi connectivity index (χ1n) is 5.69. The first-order valence-corrected chi connectivity index (χ1v) is 6.51. The molecule has 1 aromatic rings. The second-order valence-corrected chi connectivity index (χ2v) is 5.53. The van der Waals surface area contributed by atoms with Gasteiger partial charge in [0.2, 0.25) is 0 Å². The lowest BCUT2D eigenvalue weighted by Crippen LogP contribution is -2.33. The summed E-state index contributed by atoms with van der Waals surface area (Å²) in [5.41, 5.74) is -0.0516. The van der Waals surface area contributed by atoms with Gasteiger partial charge >= 0.3 is 0 Å². The zero-order chi connectivity index (χ0) is 14.6. The highest BCUT2D eigenvalue weighted by molar-refractivity contribution is 6.31. The van der Waals surface area contributed by atoms with Crippen molar-refractivity contribution in [2.45, 2.75) is 31.7 Å². The van der Waals surface area contributed by atoms with Gasteiger partial charge in [0.15, 0.2) is 0 Å². The smallest absolute Gasteiger partial charge is 0.271 e. The number of rotatable bonds is 5. The van der Waals surface area contributed by atoms with Crippen LogP contribution in [0.2, 0.25) is 5.02 Å². The molecule has 0 aliphatic heterocycles. The third kappa shape index (κ3) is 5.04. The molecule has 7 heteroatoms. The Morgan fingerprint density at radius 2 is 2.05 bits per heavy atom. The minimum atomic E-state index is -0.590. The van der Waals surface area contributed by atoms with Crippen LogP contribution in [0, 0.1) is 10.1 Å². The Bertz CT molecular complexity index is 492. The first kappa shape index (κ1) is 15.7. The Hall–Kier alpha value is -1.33. The molecule has 2 atom stereocenters. The van der Waals surface area contributed by atoms with E-state index in [2.05, 4.69) is 5.32 Å². The molecule has 19 heavy (non-hydrogen) atoms. The maximum atomic E-state index is 11.9. The molecule has 1 N–H and O–H groups in total. The predicted octanol–water partition coefficient (Wildman–Crippen LogP) is 3.38. The molecule has 0 bridgehead atoms. The van der Waals surface area contributed by atoms with Gasteiger partial charge in [0, 0.05) is 34.1 Å². The number of nitrogens with zero attached hydrogens (tertiary/aromatic N) is 1. The predicted molar refractivity (Wildman–Crippen MR) is 75.0 cm³/mol. The standard InChI is InChI=1S/C12H14Cl2N2O3/c1-7(13)3-8(2)15-12(17)9-4-10(14)6-11(5-9)16(18)19/h4-8H,3H2,1-2H3,(H,15,17). The molecule has 0 radical (unpaired) electrons. The SMILES string of the molecule is CC(Cl)CC(C)NC(=O)c1cc(Cl)cc([N+](=O)[O-])c1. The molecule has 1 rings (SSSR count). The molecule has 0 aromatic heterocycles. The van der Waals surface area contributed by atoms with Gasteiger partial charge in [0.25, 0.3) is 11.6 Å². The molecule has 1 amide bonds. The Kier molecular flexibility index (Phi) is 5.57. The Morgan fingerprint density at radius 3 is 2.58 bits per heavy atom. The number of hydrogen-bond donors (Lipinski definition) is 1. The van der Waals surface area contributed by atoms with Crippen molar-refractivity contribution in [2.24, 2.45) is 0 Å². The Balaban J connectivity index is 2.85. The molecule has 0 aliphatic rings. The number of halogens is 2. The van der Waals surface area contributed by atoms with E-state index in [9.17, 15) is 14.9 Å². The monoisotopic (exact) mass is 304 g/mol. The number of carbonyl (C=O) groups is 1. The molecule has 0 spiro atoms. The summed E-state index contributed by atoms with van der Waals surface area (Å²) in [6, 6.07) is 3.65. The minimum Gasteiger partial charge on any atom is -0.350 e. The Morgan fingerprint density at radius 1 is 1.42 bits per heavy atom. The van der Waals surface area contributed by atoms with Gasteiger partial charge in [0.1, 0.15) is 0 Å². The molecule has 0 fully saturated rings. The summed E-state index contributed by atoms with van der Waals surface area (Å²) in [5, 5.41) is 13.5. The quantitative estimate of drug-likeness (QED) is 0.515. The van der Waals surface area contributed by atoms with E-state index in [1.54, 1.807) is 0 Å². The summed E-state index contributed by atoms with van der Waals surface area (Å²) in [6.45, 7) is 3.64. The average molecular weight is 305 g/mol. The van der Waals surface area contributed by atoms with Crippen molar-refractivity contribution in [1.29, 1.82) is 0 Å². The number of nitrogens with one attached hydrogen (secondary N) is 1. The van der Waals surface area contributed by atoms with Crippen LogP contribution < -0.4 is 5.32 Å². The van der Waals surface area contributed by atoms with E-state index in [1.807, 2.05) is 13.8 Å². The number of hydrogen-bond acceptors (Lipinski definition) is 3. The molecule has 2 unspecified atom stereocenters. The third-order valence-electron chi connectivity index (χ3n) is 2.41. The fraction of sp³-hybridized carbons (Fsp3) is 0.417. The summed E-state index contributed by atoms with van der Waals surface area (Å²) in [7, 11) is 0. The Labute approximate surface area is 121 Å². The zero-order valence-corrected chi connectivity index (χ0v) is 12.0. The van der Waals surface area contributed by atoms with E-state index in [0.717, 1.165) is 0 Å². The van der Waals surface area contributed by atoms with Crippen molar-refractivity contribution in [3.63, 3.8) is 0 Å². The van der Waals surface area contributed by atoms with E-state index < -0.39 is 10.8 Å².